The molecule has 0 saturated heterocycles. The van der Waals surface area contributed by atoms with Gasteiger partial charge < -0.3 is 19.4 Å². The Kier molecular flexibility index (Phi) is 17.7. The number of hydrogen-bond donors (Lipinski definition) is 3. The number of hydrogen-bond acceptors (Lipinski definition) is 14. The summed E-state index contributed by atoms with van der Waals surface area (Å²) in [6, 6.07) is 22.8. The molecule has 4 heterocycles. The number of aromatic nitrogens is 6. The first kappa shape index (κ1) is 48.3. The van der Waals surface area contributed by atoms with Gasteiger partial charge in [0.25, 0.3) is 0 Å². The SMILES string of the molecule is CSCOC(=O)Cn1nc(C)c(Br)c1-c1ccc(-c2cccc(S(C)(=O)=O)c2)[nH]1.CSCOC(=O)Cn1nc(C)cc1-c1ccc(-c2cccc(S(C)(=O)=O)c2)[nH]1.[B]=NS. The number of rotatable bonds is 14. The molecular weight excluding hydrogens is 934 g/mol. The van der Waals surface area contributed by atoms with Gasteiger partial charge in [0.05, 0.1) is 48.4 Å². The van der Waals surface area contributed by atoms with Crippen LogP contribution in [-0.4, -0.2) is 103 Å². The molecule has 0 aliphatic heterocycles. The van der Waals surface area contributed by atoms with Gasteiger partial charge in [0, 0.05) is 23.9 Å². The minimum absolute atomic E-state index is 0.0136. The van der Waals surface area contributed by atoms with Crippen LogP contribution in [-0.2, 0) is 51.8 Å². The molecule has 0 unspecified atom stereocenters. The molecule has 0 bridgehead atoms. The van der Waals surface area contributed by atoms with E-state index in [1.165, 1.54) is 36.0 Å². The van der Waals surface area contributed by atoms with Gasteiger partial charge in [0.2, 0.25) is 0 Å². The van der Waals surface area contributed by atoms with Crippen molar-refractivity contribution in [3.05, 3.63) is 94.7 Å². The molecule has 4 aromatic heterocycles. The van der Waals surface area contributed by atoms with Crippen molar-refractivity contribution in [2.75, 3.05) is 36.9 Å². The van der Waals surface area contributed by atoms with Crippen LogP contribution in [0.25, 0.3) is 45.3 Å². The van der Waals surface area contributed by atoms with E-state index in [0.29, 0.717) is 17.6 Å². The fourth-order valence-electron chi connectivity index (χ4n) is 5.60. The molecule has 0 fully saturated rings. The van der Waals surface area contributed by atoms with Crippen molar-refractivity contribution < 1.29 is 35.9 Å². The second kappa shape index (κ2) is 22.0. The van der Waals surface area contributed by atoms with Crippen LogP contribution >= 0.6 is 52.3 Å². The van der Waals surface area contributed by atoms with Gasteiger partial charge in [-0.1, -0.05) is 24.3 Å². The first-order chi connectivity index (χ1) is 28.4. The van der Waals surface area contributed by atoms with Crippen molar-refractivity contribution in [1.29, 1.82) is 0 Å². The summed E-state index contributed by atoms with van der Waals surface area (Å²) in [6.07, 6.45) is 6.08. The summed E-state index contributed by atoms with van der Waals surface area (Å²) in [5, 5.41) is 8.80. The monoisotopic (exact) mass is 974 g/mol. The van der Waals surface area contributed by atoms with Crippen molar-refractivity contribution in [2.45, 2.75) is 36.7 Å². The van der Waals surface area contributed by atoms with E-state index in [1.807, 2.05) is 68.8 Å². The van der Waals surface area contributed by atoms with E-state index in [4.69, 9.17) is 9.47 Å². The average molecular weight is 976 g/mol. The second-order valence-corrected chi connectivity index (χ2v) is 19.5. The number of ether oxygens (including phenoxy) is 2. The van der Waals surface area contributed by atoms with Crippen molar-refractivity contribution in [3.63, 3.8) is 0 Å². The Labute approximate surface area is 372 Å². The number of nitrogens with one attached hydrogen (secondary N) is 2. The van der Waals surface area contributed by atoms with Gasteiger partial charge in [-0.2, -0.15) is 10.2 Å². The average Bonchev–Trinajstić information content (AvgIpc) is 4.00. The number of thiol groups is 1. The van der Waals surface area contributed by atoms with Gasteiger partial charge in [-0.3, -0.25) is 19.0 Å². The molecule has 2 aromatic carbocycles. The zero-order valence-electron chi connectivity index (χ0n) is 33.4. The molecule has 0 spiro atoms. The number of nitrogens with zero attached hydrogens (tertiary/aromatic N) is 5. The van der Waals surface area contributed by atoms with Crippen LogP contribution in [0.2, 0.25) is 0 Å². The van der Waals surface area contributed by atoms with Crippen LogP contribution < -0.4 is 0 Å². The van der Waals surface area contributed by atoms with E-state index in [1.54, 1.807) is 45.8 Å². The Bertz CT molecular complexity index is 2680. The molecule has 6 rings (SSSR count). The Hall–Kier alpha value is -4.35. The molecule has 15 nitrogen and oxygen atoms in total. The number of aryl methyl sites for hydroxylation is 2. The molecule has 0 aliphatic rings. The quantitative estimate of drug-likeness (QED) is 0.0430. The zero-order chi connectivity index (χ0) is 44.2. The van der Waals surface area contributed by atoms with E-state index in [-0.39, 0.29) is 34.8 Å². The van der Waals surface area contributed by atoms with E-state index < -0.39 is 19.7 Å². The summed E-state index contributed by atoms with van der Waals surface area (Å²) in [5.41, 5.74) is 7.55. The maximum absolute atomic E-state index is 12.1. The van der Waals surface area contributed by atoms with E-state index in [0.717, 1.165) is 55.5 Å². The third-order valence-electron chi connectivity index (χ3n) is 8.24. The molecule has 0 saturated carbocycles. The van der Waals surface area contributed by atoms with E-state index in [2.05, 4.69) is 60.8 Å². The Morgan fingerprint density at radius 3 is 1.68 bits per heavy atom. The van der Waals surface area contributed by atoms with Gasteiger partial charge in [0.15, 0.2) is 19.7 Å². The number of esters is 2. The summed E-state index contributed by atoms with van der Waals surface area (Å²) in [4.78, 5) is 31.1. The molecule has 1 radical (unpaired) electrons. The number of benzene rings is 2. The molecule has 6 aromatic rings. The van der Waals surface area contributed by atoms with Gasteiger partial charge in [-0.05, 0) is 108 Å². The van der Waals surface area contributed by atoms with Crippen LogP contribution in [0, 0.1) is 13.8 Å². The number of carbonyl (C=O) groups excluding carboxylic acids is 2. The first-order valence-electron chi connectivity index (χ1n) is 17.5. The summed E-state index contributed by atoms with van der Waals surface area (Å²) in [7, 11) is -2.25. The third-order valence-corrected chi connectivity index (χ3v) is 12.1. The molecule has 22 heteroatoms. The molecule has 0 amide bonds. The van der Waals surface area contributed by atoms with Gasteiger partial charge in [-0.15, -0.1) is 23.5 Å². The fraction of sp³-hybridized carbons (Fsp3) is 0.263. The predicted octanol–water partition coefficient (Wildman–Crippen LogP) is 7.19. The van der Waals surface area contributed by atoms with Crippen LogP contribution in [0.4, 0.5) is 0 Å². The van der Waals surface area contributed by atoms with Crippen LogP contribution in [0.15, 0.2) is 97.4 Å². The number of sulfone groups is 2. The van der Waals surface area contributed by atoms with E-state index in [9.17, 15) is 26.4 Å². The Morgan fingerprint density at radius 1 is 0.750 bits per heavy atom. The Morgan fingerprint density at radius 2 is 1.20 bits per heavy atom. The molecule has 0 atom stereocenters. The first-order valence-corrected chi connectivity index (χ1v) is 25.3. The summed E-state index contributed by atoms with van der Waals surface area (Å²) < 4.78 is 64.2. The van der Waals surface area contributed by atoms with E-state index >= 15 is 0 Å². The van der Waals surface area contributed by atoms with Crippen molar-refractivity contribution >= 4 is 91.5 Å². The normalized spacial score (nSPS) is 11.2. The zero-order valence-corrected chi connectivity index (χ0v) is 39.1. The summed E-state index contributed by atoms with van der Waals surface area (Å²) in [6.45, 7) is 3.70. The third kappa shape index (κ3) is 13.3. The number of H-pyrrole nitrogens is 2. The topological polar surface area (TPSA) is 200 Å². The van der Waals surface area contributed by atoms with Crippen LogP contribution in [0.5, 0.6) is 0 Å². The predicted molar refractivity (Wildman–Crippen MR) is 244 cm³/mol. The standard InChI is InChI=1S/C19H20BrN3O4S2.C19H21N3O4S2.BHNS/c1-12-18(20)19(23(22-12)10-17(24)27-11-28-2)16-8-7-15(21-16)13-5-4-6-14(9-13)29(3,25)26;1-13-9-18(22(21-13)11-19(23)26-12-27-2)17-8-7-16(20-17)14-5-4-6-15(10-14)28(3,24)25;1-2-3/h4-9,21H,10-11H2,1-3H3;4-10,20H,11-12H2,1-3H3;3H. The van der Waals surface area contributed by atoms with Gasteiger partial charge >= 0.3 is 36.7 Å². The van der Waals surface area contributed by atoms with Crippen molar-refractivity contribution in [2.24, 2.45) is 4.30 Å². The number of halogens is 1. The molecule has 0 aliphatic carbocycles. The molecular formula is C38H42BBrN7O8S5. The fourth-order valence-corrected chi connectivity index (χ4v) is 7.93. The summed E-state index contributed by atoms with van der Waals surface area (Å²) in [5.74, 6) is -0.133. The molecule has 2 N–H and O–H groups in total. The van der Waals surface area contributed by atoms with Gasteiger partial charge in [0.1, 0.15) is 25.0 Å². The second-order valence-electron chi connectivity index (χ2n) is 12.9. The minimum atomic E-state index is -3.30. The number of carbonyl (C=O) groups is 2. The number of thioether (sulfide) groups is 2. The van der Waals surface area contributed by atoms with Gasteiger partial charge in [-0.25, -0.2) is 16.8 Å². The number of aromatic amines is 2. The van der Waals surface area contributed by atoms with Crippen LogP contribution in [0.3, 0.4) is 0 Å². The van der Waals surface area contributed by atoms with Crippen molar-refractivity contribution in [1.82, 2.24) is 29.5 Å². The van der Waals surface area contributed by atoms with Crippen LogP contribution in [0.1, 0.15) is 11.4 Å². The Balaban J connectivity index is 0.000000249. The van der Waals surface area contributed by atoms with Crippen molar-refractivity contribution in [3.8, 4) is 45.3 Å². The summed E-state index contributed by atoms with van der Waals surface area (Å²) >= 11 is 9.59. The maximum atomic E-state index is 12.1. The molecule has 317 valence electrons. The molecule has 60 heavy (non-hydrogen) atoms.